The molecule has 5 heteroatoms. The van der Waals surface area contributed by atoms with E-state index in [1.165, 1.54) is 19.0 Å². The number of carbonyl (C=O) groups is 1. The number of hydrogen-bond donors (Lipinski definition) is 1. The third kappa shape index (κ3) is 2.41. The van der Waals surface area contributed by atoms with Crippen molar-refractivity contribution in [2.75, 3.05) is 6.54 Å². The number of hydrogen-bond acceptors (Lipinski definition) is 3. The van der Waals surface area contributed by atoms with Gasteiger partial charge in [-0.05, 0) is 32.2 Å². The molecule has 2 rings (SSSR count). The van der Waals surface area contributed by atoms with Crippen molar-refractivity contribution in [1.29, 1.82) is 0 Å². The van der Waals surface area contributed by atoms with Crippen LogP contribution in [0.4, 0.5) is 0 Å². The molecule has 2 atom stereocenters. The first-order valence-corrected chi connectivity index (χ1v) is 6.49. The van der Waals surface area contributed by atoms with Gasteiger partial charge in [0.1, 0.15) is 5.56 Å². The molecule has 0 radical (unpaired) electrons. The number of piperidine rings is 1. The van der Waals surface area contributed by atoms with E-state index in [0.29, 0.717) is 24.1 Å². The smallest absolute Gasteiger partial charge is 0.339 e. The lowest BCUT2D eigenvalue weighted by Gasteiger charge is -2.37. The molecule has 0 saturated carbocycles. The minimum absolute atomic E-state index is 0.322. The van der Waals surface area contributed by atoms with Gasteiger partial charge in [-0.2, -0.15) is 5.10 Å². The summed E-state index contributed by atoms with van der Waals surface area (Å²) in [5.41, 5.74) is 1.12. The Kier molecular flexibility index (Phi) is 3.71. The number of likely N-dealkylation sites (tertiary alicyclic amines) is 1. The fraction of sp³-hybridized carbons (Fsp3) is 0.692. The summed E-state index contributed by atoms with van der Waals surface area (Å²) in [6.07, 6.45) is 3.89. The first-order valence-electron chi connectivity index (χ1n) is 6.49. The van der Waals surface area contributed by atoms with Gasteiger partial charge in [-0.3, -0.25) is 9.58 Å². The quantitative estimate of drug-likeness (QED) is 0.889. The fourth-order valence-electron chi connectivity index (χ4n) is 2.67. The van der Waals surface area contributed by atoms with Crippen LogP contribution in [0.1, 0.15) is 42.7 Å². The molecule has 1 aromatic rings. The summed E-state index contributed by atoms with van der Waals surface area (Å²) in [5.74, 6) is -0.226. The molecule has 0 spiro atoms. The van der Waals surface area contributed by atoms with E-state index in [2.05, 4.69) is 23.8 Å². The molecule has 2 unspecified atom stereocenters. The van der Waals surface area contributed by atoms with Gasteiger partial charge in [-0.15, -0.1) is 0 Å². The predicted octanol–water partition coefficient (Wildman–Crippen LogP) is 1.74. The van der Waals surface area contributed by atoms with Crippen LogP contribution in [-0.2, 0) is 13.6 Å². The van der Waals surface area contributed by atoms with Gasteiger partial charge in [-0.1, -0.05) is 6.92 Å². The topological polar surface area (TPSA) is 58.4 Å². The maximum atomic E-state index is 11.2. The Morgan fingerprint density at radius 3 is 2.94 bits per heavy atom. The molecule has 0 aliphatic carbocycles. The average Bonchev–Trinajstić information content (AvgIpc) is 2.67. The highest BCUT2D eigenvalue weighted by Gasteiger charge is 2.27. The van der Waals surface area contributed by atoms with Crippen molar-refractivity contribution >= 4 is 5.97 Å². The van der Waals surface area contributed by atoms with Crippen molar-refractivity contribution in [3.8, 4) is 0 Å². The lowest BCUT2D eigenvalue weighted by molar-refractivity contribution is 0.0688. The van der Waals surface area contributed by atoms with Crippen LogP contribution >= 0.6 is 0 Å². The van der Waals surface area contributed by atoms with Crippen molar-refractivity contribution in [2.45, 2.75) is 39.3 Å². The normalized spacial score (nSPS) is 25.3. The second-order valence-corrected chi connectivity index (χ2v) is 5.26. The minimum atomic E-state index is -0.893. The molecule has 0 aromatic carbocycles. The van der Waals surface area contributed by atoms with Crippen LogP contribution in [0.2, 0.25) is 0 Å². The number of aromatic nitrogens is 2. The van der Waals surface area contributed by atoms with E-state index in [-0.39, 0.29) is 0 Å². The third-order valence-corrected chi connectivity index (χ3v) is 4.15. The van der Waals surface area contributed by atoms with Crippen LogP contribution in [-0.4, -0.2) is 38.3 Å². The molecule has 1 aliphatic rings. The van der Waals surface area contributed by atoms with Crippen molar-refractivity contribution in [1.82, 2.24) is 14.7 Å². The molecule has 0 bridgehead atoms. The van der Waals surface area contributed by atoms with E-state index in [1.807, 2.05) is 0 Å². The van der Waals surface area contributed by atoms with Crippen LogP contribution in [0, 0.1) is 5.92 Å². The van der Waals surface area contributed by atoms with Crippen LogP contribution in [0.5, 0.6) is 0 Å². The first-order chi connectivity index (χ1) is 8.50. The molecule has 1 saturated heterocycles. The summed E-state index contributed by atoms with van der Waals surface area (Å²) in [6.45, 7) is 6.19. The molecule has 2 heterocycles. The van der Waals surface area contributed by atoms with Gasteiger partial charge in [0.05, 0.1) is 11.9 Å². The Hall–Kier alpha value is -1.36. The Bertz CT molecular complexity index is 441. The zero-order chi connectivity index (χ0) is 13.3. The molecule has 5 nitrogen and oxygen atoms in total. The summed E-state index contributed by atoms with van der Waals surface area (Å²) < 4.78 is 1.68. The molecule has 1 aliphatic heterocycles. The molecular formula is C13H21N3O2. The van der Waals surface area contributed by atoms with Crippen molar-refractivity contribution in [2.24, 2.45) is 13.0 Å². The largest absolute Gasteiger partial charge is 0.478 e. The van der Waals surface area contributed by atoms with E-state index < -0.39 is 5.97 Å². The van der Waals surface area contributed by atoms with Crippen LogP contribution in [0.3, 0.4) is 0 Å². The van der Waals surface area contributed by atoms with Crippen molar-refractivity contribution < 1.29 is 9.90 Å². The Morgan fingerprint density at radius 1 is 1.56 bits per heavy atom. The highest BCUT2D eigenvalue weighted by Crippen LogP contribution is 2.25. The van der Waals surface area contributed by atoms with Gasteiger partial charge in [0.25, 0.3) is 0 Å². The summed E-state index contributed by atoms with van der Waals surface area (Å²) in [7, 11) is 1.81. The van der Waals surface area contributed by atoms with Gasteiger partial charge in [0.15, 0.2) is 0 Å². The predicted molar refractivity (Wildman–Crippen MR) is 68.4 cm³/mol. The lowest BCUT2D eigenvalue weighted by atomic mass is 9.92. The molecule has 1 aromatic heterocycles. The lowest BCUT2D eigenvalue weighted by Crippen LogP contribution is -2.42. The van der Waals surface area contributed by atoms with Gasteiger partial charge in [0.2, 0.25) is 0 Å². The summed E-state index contributed by atoms with van der Waals surface area (Å²) in [4.78, 5) is 13.5. The third-order valence-electron chi connectivity index (χ3n) is 4.15. The Balaban J connectivity index is 2.18. The average molecular weight is 251 g/mol. The second kappa shape index (κ2) is 5.10. The van der Waals surface area contributed by atoms with Gasteiger partial charge < -0.3 is 5.11 Å². The highest BCUT2D eigenvalue weighted by atomic mass is 16.4. The number of carboxylic acids is 1. The maximum absolute atomic E-state index is 11.2. The summed E-state index contributed by atoms with van der Waals surface area (Å²) >= 11 is 0. The van der Waals surface area contributed by atoms with E-state index in [1.54, 1.807) is 11.7 Å². The molecule has 0 amide bonds. The van der Waals surface area contributed by atoms with Crippen LogP contribution < -0.4 is 0 Å². The number of rotatable bonds is 3. The Labute approximate surface area is 107 Å². The second-order valence-electron chi connectivity index (χ2n) is 5.26. The summed E-state index contributed by atoms with van der Waals surface area (Å²) in [5, 5.41) is 13.2. The monoisotopic (exact) mass is 251 g/mol. The van der Waals surface area contributed by atoms with Crippen molar-refractivity contribution in [3.63, 3.8) is 0 Å². The number of nitrogens with zero attached hydrogens (tertiary/aromatic N) is 3. The number of aryl methyl sites for hydroxylation is 1. The van der Waals surface area contributed by atoms with E-state index in [9.17, 15) is 4.79 Å². The maximum Gasteiger partial charge on any atom is 0.339 e. The number of aromatic carboxylic acids is 1. The molecule has 18 heavy (non-hydrogen) atoms. The molecule has 1 N–H and O–H groups in total. The van der Waals surface area contributed by atoms with E-state index >= 15 is 0 Å². The minimum Gasteiger partial charge on any atom is -0.478 e. The van der Waals surface area contributed by atoms with Crippen molar-refractivity contribution in [3.05, 3.63) is 17.5 Å². The zero-order valence-corrected chi connectivity index (χ0v) is 11.3. The van der Waals surface area contributed by atoms with Gasteiger partial charge in [-0.25, -0.2) is 4.79 Å². The standard InChI is InChI=1S/C13H21N3O2/c1-9-5-4-6-16(10(9)2)8-12-11(13(17)18)7-14-15(12)3/h7,9-10H,4-6,8H2,1-3H3,(H,17,18). The van der Waals surface area contributed by atoms with Gasteiger partial charge in [0, 0.05) is 19.6 Å². The Morgan fingerprint density at radius 2 is 2.28 bits per heavy atom. The van der Waals surface area contributed by atoms with Crippen LogP contribution in [0.15, 0.2) is 6.20 Å². The molecule has 100 valence electrons. The first kappa shape index (κ1) is 13.1. The van der Waals surface area contributed by atoms with E-state index in [0.717, 1.165) is 12.2 Å². The molecular weight excluding hydrogens is 230 g/mol. The zero-order valence-electron chi connectivity index (χ0n) is 11.3. The SMILES string of the molecule is CC1CCCN(Cc2c(C(=O)O)cnn2C)C1C. The number of carboxylic acid groups (broad SMARTS) is 1. The molecule has 1 fully saturated rings. The van der Waals surface area contributed by atoms with E-state index in [4.69, 9.17) is 5.11 Å². The summed E-state index contributed by atoms with van der Waals surface area (Å²) in [6, 6.07) is 0.496. The fourth-order valence-corrected chi connectivity index (χ4v) is 2.67. The van der Waals surface area contributed by atoms with Gasteiger partial charge >= 0.3 is 5.97 Å². The van der Waals surface area contributed by atoms with Crippen LogP contribution in [0.25, 0.3) is 0 Å². The highest BCUT2D eigenvalue weighted by molar-refractivity contribution is 5.88.